The molecule has 0 saturated carbocycles. The number of hydrogen-bond acceptors (Lipinski definition) is 8. The van der Waals surface area contributed by atoms with Gasteiger partial charge in [0.25, 0.3) is 0 Å². The topological polar surface area (TPSA) is 102 Å². The molecule has 14 heteroatoms. The Morgan fingerprint density at radius 2 is 1.74 bits per heavy atom. The van der Waals surface area contributed by atoms with Crippen LogP contribution >= 0.6 is 11.6 Å². The highest BCUT2D eigenvalue weighted by Gasteiger charge is 2.49. The number of nitrogens with zero attached hydrogens (tertiary/aromatic N) is 4. The monoisotopic (exact) mass is 524 g/mol. The summed E-state index contributed by atoms with van der Waals surface area (Å²) in [4.78, 5) is 24.1. The highest BCUT2D eigenvalue weighted by Crippen LogP contribution is 2.35. The van der Waals surface area contributed by atoms with Crippen LogP contribution in [0.2, 0.25) is 5.02 Å². The molecule has 1 fully saturated rings. The molecule has 2 aromatic heterocycles. The molecule has 0 spiro atoms. The molecule has 3 rings (SSSR count). The zero-order chi connectivity index (χ0) is 25.6. The second-order valence-electron chi connectivity index (χ2n) is 8.95. The minimum Gasteiger partial charge on any atom is -0.444 e. The highest BCUT2D eigenvalue weighted by atomic mass is 35.5. The van der Waals surface area contributed by atoms with E-state index in [0.29, 0.717) is 24.2 Å². The number of anilines is 1. The SMILES string of the molecule is C[C@@H]1CN(c2cnc3nc(OS(=O)(=O)C(F)(F)F)ccc3c2Cl)C[C@H](C)N1C(=O)OC(C)(C)C. The molecule has 0 aromatic carbocycles. The summed E-state index contributed by atoms with van der Waals surface area (Å²) in [6.07, 6.45) is 0.975. The van der Waals surface area contributed by atoms with Crippen molar-refractivity contribution in [2.75, 3.05) is 18.0 Å². The molecule has 1 aliphatic rings. The summed E-state index contributed by atoms with van der Waals surface area (Å²) in [6, 6.07) is 1.82. The summed E-state index contributed by atoms with van der Waals surface area (Å²) in [5.74, 6) is -0.783. The molecule has 9 nitrogen and oxygen atoms in total. The van der Waals surface area contributed by atoms with Crippen LogP contribution in [0.15, 0.2) is 18.3 Å². The number of alkyl halides is 3. The molecular formula is C20H24ClF3N4O5S. The van der Waals surface area contributed by atoms with Crippen molar-refractivity contribution in [3.05, 3.63) is 23.4 Å². The lowest BCUT2D eigenvalue weighted by Crippen LogP contribution is -2.59. The van der Waals surface area contributed by atoms with E-state index in [1.54, 1.807) is 25.7 Å². The second kappa shape index (κ2) is 8.91. The number of carbonyl (C=O) groups is 1. The molecular weight excluding hydrogens is 501 g/mol. The number of pyridine rings is 2. The van der Waals surface area contributed by atoms with E-state index in [9.17, 15) is 26.4 Å². The summed E-state index contributed by atoms with van der Waals surface area (Å²) in [7, 11) is -5.86. The van der Waals surface area contributed by atoms with Gasteiger partial charge >= 0.3 is 21.7 Å². The Bertz CT molecular complexity index is 1190. The molecule has 188 valence electrons. The van der Waals surface area contributed by atoms with Crippen molar-refractivity contribution in [2.45, 2.75) is 57.8 Å². The number of carbonyl (C=O) groups excluding carboxylic acids is 1. The van der Waals surface area contributed by atoms with Gasteiger partial charge in [-0.1, -0.05) is 11.6 Å². The van der Waals surface area contributed by atoms with E-state index < -0.39 is 33.2 Å². The van der Waals surface area contributed by atoms with Gasteiger partial charge in [0.15, 0.2) is 5.65 Å². The molecule has 2 atom stereocenters. The van der Waals surface area contributed by atoms with E-state index in [1.807, 2.05) is 18.7 Å². The smallest absolute Gasteiger partial charge is 0.444 e. The fraction of sp³-hybridized carbons (Fsp3) is 0.550. The summed E-state index contributed by atoms with van der Waals surface area (Å²) in [6.45, 7) is 9.98. The van der Waals surface area contributed by atoms with Gasteiger partial charge in [0.05, 0.1) is 29.0 Å². The molecule has 0 bridgehead atoms. The van der Waals surface area contributed by atoms with Crippen molar-refractivity contribution in [3.8, 4) is 5.88 Å². The van der Waals surface area contributed by atoms with Crippen molar-refractivity contribution >= 4 is 44.5 Å². The maximum Gasteiger partial charge on any atom is 0.534 e. The van der Waals surface area contributed by atoms with Crippen LogP contribution in [-0.2, 0) is 14.9 Å². The van der Waals surface area contributed by atoms with Gasteiger partial charge in [-0.25, -0.2) is 9.78 Å². The largest absolute Gasteiger partial charge is 0.534 e. The van der Waals surface area contributed by atoms with Gasteiger partial charge in [-0.05, 0) is 40.7 Å². The van der Waals surface area contributed by atoms with Crippen LogP contribution < -0.4 is 9.08 Å². The predicted octanol–water partition coefficient (Wildman–Crippen LogP) is 4.35. The zero-order valence-corrected chi connectivity index (χ0v) is 20.6. The van der Waals surface area contributed by atoms with Gasteiger partial charge < -0.3 is 13.8 Å². The number of aromatic nitrogens is 2. The Kier molecular flexibility index (Phi) is 6.83. The van der Waals surface area contributed by atoms with Gasteiger partial charge in [-0.15, -0.1) is 0 Å². The first-order chi connectivity index (χ1) is 15.5. The fourth-order valence-electron chi connectivity index (χ4n) is 3.64. The van der Waals surface area contributed by atoms with Crippen LogP contribution in [0.1, 0.15) is 34.6 Å². The molecule has 1 amide bonds. The number of rotatable bonds is 3. The lowest BCUT2D eigenvalue weighted by Gasteiger charge is -2.45. The summed E-state index contributed by atoms with van der Waals surface area (Å²) in [5.41, 5.74) is -5.77. The third-order valence-electron chi connectivity index (χ3n) is 4.96. The Labute approximate surface area is 199 Å². The van der Waals surface area contributed by atoms with Crippen molar-refractivity contribution in [3.63, 3.8) is 0 Å². The fourth-order valence-corrected chi connectivity index (χ4v) is 4.37. The molecule has 1 aliphatic heterocycles. The molecule has 1 saturated heterocycles. The first kappa shape index (κ1) is 26.1. The number of fused-ring (bicyclic) bond motifs is 1. The lowest BCUT2D eigenvalue weighted by atomic mass is 10.1. The minimum atomic E-state index is -5.86. The Hall–Kier alpha value is -2.54. The first-order valence-corrected chi connectivity index (χ1v) is 12.0. The first-order valence-electron chi connectivity index (χ1n) is 10.2. The lowest BCUT2D eigenvalue weighted by molar-refractivity contribution is -0.0501. The highest BCUT2D eigenvalue weighted by molar-refractivity contribution is 7.87. The molecule has 0 unspecified atom stereocenters. The van der Waals surface area contributed by atoms with E-state index in [-0.39, 0.29) is 22.8 Å². The number of amides is 1. The van der Waals surface area contributed by atoms with Gasteiger partial charge in [0, 0.05) is 24.5 Å². The van der Waals surface area contributed by atoms with Crippen molar-refractivity contribution in [1.29, 1.82) is 0 Å². The van der Waals surface area contributed by atoms with Gasteiger partial charge in [-0.2, -0.15) is 26.6 Å². The van der Waals surface area contributed by atoms with Gasteiger partial charge in [0.2, 0.25) is 5.88 Å². The van der Waals surface area contributed by atoms with Crippen molar-refractivity contribution < 1.29 is 35.3 Å². The maximum absolute atomic E-state index is 12.6. The standard InChI is InChI=1S/C20H24ClF3N4O5S/c1-11-9-27(10-12(2)28(11)18(29)32-19(3,4)5)14-8-25-17-13(16(14)21)6-7-15(26-17)33-34(30,31)20(22,23)24/h6-8,11-12H,9-10H2,1-5H3/t11-,12+. The van der Waals surface area contributed by atoms with Crippen molar-refractivity contribution in [2.24, 2.45) is 0 Å². The number of piperazine rings is 1. The summed E-state index contributed by atoms with van der Waals surface area (Å²) < 4.78 is 69.7. The Morgan fingerprint density at radius 3 is 2.26 bits per heavy atom. The van der Waals surface area contributed by atoms with E-state index >= 15 is 0 Å². The molecule has 2 aromatic rings. The number of ether oxygens (including phenoxy) is 1. The third-order valence-corrected chi connectivity index (χ3v) is 6.32. The molecule has 0 radical (unpaired) electrons. The van der Waals surface area contributed by atoms with Crippen LogP contribution in [-0.4, -0.2) is 65.7 Å². The van der Waals surface area contributed by atoms with Gasteiger partial charge in [-0.3, -0.25) is 4.90 Å². The van der Waals surface area contributed by atoms with E-state index in [2.05, 4.69) is 14.2 Å². The van der Waals surface area contributed by atoms with Crippen LogP contribution in [0.4, 0.5) is 23.7 Å². The van der Waals surface area contributed by atoms with E-state index in [4.69, 9.17) is 16.3 Å². The normalized spacial score (nSPS) is 19.9. The third kappa shape index (κ3) is 5.40. The summed E-state index contributed by atoms with van der Waals surface area (Å²) >= 11 is 6.55. The van der Waals surface area contributed by atoms with E-state index in [0.717, 1.165) is 6.07 Å². The summed E-state index contributed by atoms with van der Waals surface area (Å²) in [5, 5.41) is 0.527. The quantitative estimate of drug-likeness (QED) is 0.431. The number of halogens is 4. The van der Waals surface area contributed by atoms with Crippen LogP contribution in [0, 0.1) is 0 Å². The molecule has 3 heterocycles. The van der Waals surface area contributed by atoms with Crippen LogP contribution in [0.5, 0.6) is 5.88 Å². The Balaban J connectivity index is 1.85. The second-order valence-corrected chi connectivity index (χ2v) is 10.9. The number of hydrogen-bond donors (Lipinski definition) is 0. The molecule has 34 heavy (non-hydrogen) atoms. The van der Waals surface area contributed by atoms with Crippen molar-refractivity contribution in [1.82, 2.24) is 14.9 Å². The molecule has 0 aliphatic carbocycles. The molecule has 0 N–H and O–H groups in total. The maximum atomic E-state index is 12.6. The van der Waals surface area contributed by atoms with Gasteiger partial charge in [0.1, 0.15) is 5.60 Å². The minimum absolute atomic E-state index is 0.0860. The van der Waals surface area contributed by atoms with E-state index in [1.165, 1.54) is 12.3 Å². The average molecular weight is 525 g/mol. The average Bonchev–Trinajstić information content (AvgIpc) is 2.65. The Morgan fingerprint density at radius 1 is 1.15 bits per heavy atom. The van der Waals surface area contributed by atoms with Crippen LogP contribution in [0.25, 0.3) is 11.0 Å². The predicted molar refractivity (Wildman–Crippen MR) is 119 cm³/mol. The zero-order valence-electron chi connectivity index (χ0n) is 19.1. The van der Waals surface area contributed by atoms with Crippen LogP contribution in [0.3, 0.4) is 0 Å².